The highest BCUT2D eigenvalue weighted by atomic mass is 32.2. The zero-order valence-electron chi connectivity index (χ0n) is 11.3. The Hall–Kier alpha value is -0.750. The van der Waals surface area contributed by atoms with Crippen LogP contribution in [0, 0.1) is 0 Å². The van der Waals surface area contributed by atoms with Gasteiger partial charge in [0.05, 0.1) is 6.04 Å². The van der Waals surface area contributed by atoms with Gasteiger partial charge in [-0.3, -0.25) is 9.59 Å². The SMILES string of the molecule is CSCC[C@H](N)C(=O)NC1CCN(C(C)C)C1=O. The highest BCUT2D eigenvalue weighted by Gasteiger charge is 2.34. The van der Waals surface area contributed by atoms with E-state index in [2.05, 4.69) is 5.32 Å². The van der Waals surface area contributed by atoms with E-state index in [4.69, 9.17) is 5.73 Å². The van der Waals surface area contributed by atoms with E-state index in [1.165, 1.54) is 0 Å². The van der Waals surface area contributed by atoms with E-state index in [9.17, 15) is 9.59 Å². The quantitative estimate of drug-likeness (QED) is 0.724. The number of rotatable bonds is 6. The van der Waals surface area contributed by atoms with Crippen LogP contribution >= 0.6 is 11.8 Å². The molecule has 0 bridgehead atoms. The van der Waals surface area contributed by atoms with Gasteiger partial charge in [-0.25, -0.2) is 0 Å². The summed E-state index contributed by atoms with van der Waals surface area (Å²) in [4.78, 5) is 25.6. The third kappa shape index (κ3) is 3.88. The molecular weight excluding hydrogens is 250 g/mol. The minimum absolute atomic E-state index is 0.00964. The lowest BCUT2D eigenvalue weighted by Gasteiger charge is -2.21. The summed E-state index contributed by atoms with van der Waals surface area (Å²) in [5, 5.41) is 2.76. The first kappa shape index (κ1) is 15.3. The van der Waals surface area contributed by atoms with E-state index in [0.29, 0.717) is 19.4 Å². The van der Waals surface area contributed by atoms with Gasteiger partial charge < -0.3 is 16.0 Å². The van der Waals surface area contributed by atoms with Crippen molar-refractivity contribution >= 4 is 23.6 Å². The first-order chi connectivity index (χ1) is 8.47. The third-order valence-electron chi connectivity index (χ3n) is 3.15. The van der Waals surface area contributed by atoms with Gasteiger partial charge in [-0.2, -0.15) is 11.8 Å². The van der Waals surface area contributed by atoms with Gasteiger partial charge in [-0.1, -0.05) is 0 Å². The molecule has 5 nitrogen and oxygen atoms in total. The van der Waals surface area contributed by atoms with Crippen LogP contribution in [0.5, 0.6) is 0 Å². The Balaban J connectivity index is 2.44. The van der Waals surface area contributed by atoms with E-state index in [1.807, 2.05) is 20.1 Å². The summed E-state index contributed by atoms with van der Waals surface area (Å²) in [6.45, 7) is 4.67. The predicted octanol–water partition coefficient (Wildman–Crippen LogP) is 0.192. The van der Waals surface area contributed by atoms with Crippen LogP contribution in [-0.4, -0.2) is 53.4 Å². The molecule has 1 rings (SSSR count). The number of nitrogens with one attached hydrogen (secondary N) is 1. The van der Waals surface area contributed by atoms with Gasteiger partial charge in [-0.05, 0) is 38.7 Å². The number of nitrogens with two attached hydrogens (primary N) is 1. The molecule has 1 unspecified atom stereocenters. The van der Waals surface area contributed by atoms with E-state index < -0.39 is 6.04 Å². The van der Waals surface area contributed by atoms with E-state index in [0.717, 1.165) is 5.75 Å². The topological polar surface area (TPSA) is 75.4 Å². The molecule has 0 aromatic carbocycles. The summed E-state index contributed by atoms with van der Waals surface area (Å²) < 4.78 is 0. The van der Waals surface area contributed by atoms with Crippen molar-refractivity contribution < 1.29 is 9.59 Å². The molecule has 1 fully saturated rings. The van der Waals surface area contributed by atoms with Crippen LogP contribution < -0.4 is 11.1 Å². The van der Waals surface area contributed by atoms with Crippen molar-refractivity contribution in [3.63, 3.8) is 0 Å². The number of carbonyl (C=O) groups excluding carboxylic acids is 2. The summed E-state index contributed by atoms with van der Waals surface area (Å²) in [6, 6.07) is -0.719. The molecule has 6 heteroatoms. The molecule has 18 heavy (non-hydrogen) atoms. The van der Waals surface area contributed by atoms with Crippen molar-refractivity contribution in [1.29, 1.82) is 0 Å². The zero-order chi connectivity index (χ0) is 13.7. The number of hydrogen-bond acceptors (Lipinski definition) is 4. The lowest BCUT2D eigenvalue weighted by atomic mass is 10.2. The van der Waals surface area contributed by atoms with Crippen molar-refractivity contribution in [2.75, 3.05) is 18.6 Å². The molecule has 1 heterocycles. The summed E-state index contributed by atoms with van der Waals surface area (Å²) in [6.07, 6.45) is 3.30. The van der Waals surface area contributed by atoms with Crippen LogP contribution in [0.2, 0.25) is 0 Å². The smallest absolute Gasteiger partial charge is 0.245 e. The van der Waals surface area contributed by atoms with Crippen LogP contribution in [0.1, 0.15) is 26.7 Å². The maximum absolute atomic E-state index is 12.0. The molecule has 0 saturated carbocycles. The van der Waals surface area contributed by atoms with Gasteiger partial charge in [0.15, 0.2) is 0 Å². The molecular formula is C12H23N3O2S. The second kappa shape index (κ2) is 6.99. The van der Waals surface area contributed by atoms with E-state index in [-0.39, 0.29) is 23.9 Å². The average Bonchev–Trinajstić information content (AvgIpc) is 2.68. The average molecular weight is 273 g/mol. The lowest BCUT2D eigenvalue weighted by Crippen LogP contribution is -2.49. The van der Waals surface area contributed by atoms with Gasteiger partial charge in [0, 0.05) is 12.6 Å². The fraction of sp³-hybridized carbons (Fsp3) is 0.833. The normalized spacial score (nSPS) is 21.5. The van der Waals surface area contributed by atoms with Crippen LogP contribution in [0.15, 0.2) is 0 Å². The molecule has 3 N–H and O–H groups in total. The van der Waals surface area contributed by atoms with Crippen molar-refractivity contribution in [2.24, 2.45) is 5.73 Å². The third-order valence-corrected chi connectivity index (χ3v) is 3.79. The molecule has 0 aliphatic carbocycles. The Morgan fingerprint density at radius 3 is 2.78 bits per heavy atom. The van der Waals surface area contributed by atoms with Crippen molar-refractivity contribution in [1.82, 2.24) is 10.2 Å². The van der Waals surface area contributed by atoms with Gasteiger partial charge in [0.2, 0.25) is 11.8 Å². The number of hydrogen-bond donors (Lipinski definition) is 2. The molecule has 2 atom stereocenters. The number of thioether (sulfide) groups is 1. The Morgan fingerprint density at radius 2 is 2.28 bits per heavy atom. The molecule has 0 spiro atoms. The Kier molecular flexibility index (Phi) is 5.95. The summed E-state index contributed by atoms with van der Waals surface area (Å²) in [5.74, 6) is 0.647. The van der Waals surface area contributed by atoms with Gasteiger partial charge in [0.1, 0.15) is 6.04 Å². The van der Waals surface area contributed by atoms with Crippen LogP contribution in [-0.2, 0) is 9.59 Å². The molecule has 104 valence electrons. The standard InChI is InChI=1S/C12H23N3O2S/c1-8(2)15-6-4-10(12(15)17)14-11(16)9(13)5-7-18-3/h8-10H,4-7,13H2,1-3H3,(H,14,16)/t9-,10?/m0/s1. The van der Waals surface area contributed by atoms with Gasteiger partial charge in [-0.15, -0.1) is 0 Å². The predicted molar refractivity (Wildman–Crippen MR) is 74.4 cm³/mol. The maximum Gasteiger partial charge on any atom is 0.245 e. The van der Waals surface area contributed by atoms with Gasteiger partial charge >= 0.3 is 0 Å². The molecule has 1 aliphatic heterocycles. The monoisotopic (exact) mass is 273 g/mol. The molecule has 1 aliphatic rings. The number of amides is 2. The molecule has 0 aromatic rings. The number of nitrogens with zero attached hydrogens (tertiary/aromatic N) is 1. The summed E-state index contributed by atoms with van der Waals surface area (Å²) >= 11 is 1.66. The molecule has 1 saturated heterocycles. The molecule has 0 aromatic heterocycles. The van der Waals surface area contributed by atoms with E-state index >= 15 is 0 Å². The van der Waals surface area contributed by atoms with Crippen molar-refractivity contribution in [3.05, 3.63) is 0 Å². The highest BCUT2D eigenvalue weighted by molar-refractivity contribution is 7.98. The second-order valence-corrected chi connectivity index (χ2v) is 5.85. The lowest BCUT2D eigenvalue weighted by molar-refractivity contribution is -0.134. The van der Waals surface area contributed by atoms with E-state index in [1.54, 1.807) is 16.7 Å². The Bertz CT molecular complexity index is 310. The zero-order valence-corrected chi connectivity index (χ0v) is 12.1. The fourth-order valence-corrected chi connectivity index (χ4v) is 2.49. The van der Waals surface area contributed by atoms with Crippen molar-refractivity contribution in [2.45, 2.75) is 44.8 Å². The fourth-order valence-electron chi connectivity index (χ4n) is 2.00. The number of likely N-dealkylation sites (tertiary alicyclic amines) is 1. The largest absolute Gasteiger partial charge is 0.343 e. The minimum Gasteiger partial charge on any atom is -0.343 e. The van der Waals surface area contributed by atoms with Crippen LogP contribution in [0.25, 0.3) is 0 Å². The van der Waals surface area contributed by atoms with Crippen LogP contribution in [0.3, 0.4) is 0 Å². The van der Waals surface area contributed by atoms with Gasteiger partial charge in [0.25, 0.3) is 0 Å². The molecule has 0 radical (unpaired) electrons. The first-order valence-electron chi connectivity index (χ1n) is 6.32. The highest BCUT2D eigenvalue weighted by Crippen LogP contribution is 2.14. The minimum atomic E-state index is -0.515. The van der Waals surface area contributed by atoms with Crippen molar-refractivity contribution in [3.8, 4) is 0 Å². The maximum atomic E-state index is 12.0. The Morgan fingerprint density at radius 1 is 1.61 bits per heavy atom. The van der Waals surface area contributed by atoms with Crippen LogP contribution in [0.4, 0.5) is 0 Å². The number of carbonyl (C=O) groups is 2. The summed E-state index contributed by atoms with van der Waals surface area (Å²) in [5.41, 5.74) is 5.77. The molecule has 2 amide bonds. The summed E-state index contributed by atoms with van der Waals surface area (Å²) in [7, 11) is 0. The first-order valence-corrected chi connectivity index (χ1v) is 7.72. The Labute approximate surface area is 113 Å². The second-order valence-electron chi connectivity index (χ2n) is 4.86.